The number of nitriles is 1. The number of carbonyl (C=O) groups is 1. The number of primary amides is 1. The summed E-state index contributed by atoms with van der Waals surface area (Å²) in [5.74, 6) is 0.212. The molecule has 1 aromatic heterocycles. The van der Waals surface area contributed by atoms with Crippen molar-refractivity contribution in [2.75, 3.05) is 19.0 Å². The Bertz CT molecular complexity index is 1040. The first-order chi connectivity index (χ1) is 13.9. The molecule has 0 bridgehead atoms. The fourth-order valence-corrected chi connectivity index (χ4v) is 3.78. The number of aryl methyl sites for hydroxylation is 1. The van der Waals surface area contributed by atoms with Crippen LogP contribution in [0.4, 0.5) is 5.69 Å². The van der Waals surface area contributed by atoms with E-state index in [2.05, 4.69) is 16.4 Å². The Morgan fingerprint density at radius 3 is 2.72 bits per heavy atom. The van der Waals surface area contributed by atoms with Crippen LogP contribution in [0.2, 0.25) is 0 Å². The number of nitrogens with two attached hydrogens (primary N) is 1. The standard InChI is InChI=1S/C22H24N4O3/c1-5-29-22-20-16(10-15-7-6-14(11-23)9-18(15)28-4)19(21(24)27)13(3)26-17(20)8-12(2)25-22/h6-9,16,26H,5,10H2,1-4H3,(H2,24,27)/t16-/m1/s1. The topological polar surface area (TPSA) is 110 Å². The van der Waals surface area contributed by atoms with Gasteiger partial charge in [-0.15, -0.1) is 0 Å². The molecule has 0 radical (unpaired) electrons. The van der Waals surface area contributed by atoms with Gasteiger partial charge in [0.1, 0.15) is 5.75 Å². The van der Waals surface area contributed by atoms with Gasteiger partial charge in [0.25, 0.3) is 0 Å². The van der Waals surface area contributed by atoms with E-state index < -0.39 is 5.91 Å². The number of benzene rings is 1. The summed E-state index contributed by atoms with van der Waals surface area (Å²) in [7, 11) is 1.56. The minimum atomic E-state index is -0.499. The summed E-state index contributed by atoms with van der Waals surface area (Å²) >= 11 is 0. The van der Waals surface area contributed by atoms with Crippen molar-refractivity contribution in [2.24, 2.45) is 5.73 Å². The van der Waals surface area contributed by atoms with Crippen molar-refractivity contribution in [3.8, 4) is 17.7 Å². The Labute approximate surface area is 170 Å². The minimum Gasteiger partial charge on any atom is -0.496 e. The minimum absolute atomic E-state index is 0.361. The van der Waals surface area contributed by atoms with E-state index in [1.165, 1.54) is 0 Å². The number of allylic oxidation sites excluding steroid dienone is 1. The molecule has 0 unspecified atom stereocenters. The Morgan fingerprint density at radius 2 is 2.10 bits per heavy atom. The average Bonchev–Trinajstić information content (AvgIpc) is 2.67. The monoisotopic (exact) mass is 392 g/mol. The Hall–Kier alpha value is -3.53. The lowest BCUT2D eigenvalue weighted by atomic mass is 9.81. The molecule has 0 aliphatic carbocycles. The summed E-state index contributed by atoms with van der Waals surface area (Å²) in [6, 6.07) is 9.31. The van der Waals surface area contributed by atoms with Crippen molar-refractivity contribution in [1.29, 1.82) is 5.26 Å². The second-order valence-electron chi connectivity index (χ2n) is 6.89. The zero-order chi connectivity index (χ0) is 21.1. The van der Waals surface area contributed by atoms with Gasteiger partial charge in [0, 0.05) is 34.1 Å². The Morgan fingerprint density at radius 1 is 1.34 bits per heavy atom. The zero-order valence-electron chi connectivity index (χ0n) is 17.0. The number of fused-ring (bicyclic) bond motifs is 1. The van der Waals surface area contributed by atoms with Gasteiger partial charge in [0.2, 0.25) is 11.8 Å². The predicted octanol–water partition coefficient (Wildman–Crippen LogP) is 3.18. The largest absolute Gasteiger partial charge is 0.496 e. The number of anilines is 1. The molecule has 2 heterocycles. The summed E-state index contributed by atoms with van der Waals surface area (Å²) in [6.45, 7) is 6.07. The maximum atomic E-state index is 12.4. The van der Waals surface area contributed by atoms with Crippen LogP contribution in [0.15, 0.2) is 35.5 Å². The summed E-state index contributed by atoms with van der Waals surface area (Å²) < 4.78 is 11.3. The number of rotatable bonds is 6. The summed E-state index contributed by atoms with van der Waals surface area (Å²) in [5, 5.41) is 12.4. The first kappa shape index (κ1) is 20.2. The zero-order valence-corrected chi connectivity index (χ0v) is 17.0. The van der Waals surface area contributed by atoms with Gasteiger partial charge >= 0.3 is 0 Å². The van der Waals surface area contributed by atoms with E-state index in [1.54, 1.807) is 19.2 Å². The van der Waals surface area contributed by atoms with Crippen LogP contribution in [0.25, 0.3) is 0 Å². The first-order valence-corrected chi connectivity index (χ1v) is 9.38. The maximum absolute atomic E-state index is 12.4. The molecule has 29 heavy (non-hydrogen) atoms. The van der Waals surface area contributed by atoms with Crippen molar-refractivity contribution >= 4 is 11.6 Å². The Balaban J connectivity index is 2.18. The predicted molar refractivity (Wildman–Crippen MR) is 110 cm³/mol. The molecule has 0 fully saturated rings. The highest BCUT2D eigenvalue weighted by atomic mass is 16.5. The van der Waals surface area contributed by atoms with Crippen LogP contribution in [0.3, 0.4) is 0 Å². The van der Waals surface area contributed by atoms with E-state index >= 15 is 0 Å². The number of hydrogen-bond donors (Lipinski definition) is 2. The quantitative estimate of drug-likeness (QED) is 0.781. The smallest absolute Gasteiger partial charge is 0.247 e. The van der Waals surface area contributed by atoms with Crippen LogP contribution in [-0.2, 0) is 11.2 Å². The lowest BCUT2D eigenvalue weighted by Gasteiger charge is -2.31. The molecule has 1 aliphatic heterocycles. The number of nitrogens with zero attached hydrogens (tertiary/aromatic N) is 2. The molecule has 1 amide bonds. The summed E-state index contributed by atoms with van der Waals surface area (Å²) in [4.78, 5) is 16.9. The first-order valence-electron chi connectivity index (χ1n) is 9.38. The van der Waals surface area contributed by atoms with Crippen molar-refractivity contribution in [3.05, 3.63) is 57.9 Å². The number of nitrogens with one attached hydrogen (secondary N) is 1. The van der Waals surface area contributed by atoms with Gasteiger partial charge < -0.3 is 20.5 Å². The molecule has 2 aromatic rings. The molecule has 3 N–H and O–H groups in total. The highest BCUT2D eigenvalue weighted by Crippen LogP contribution is 2.44. The highest BCUT2D eigenvalue weighted by molar-refractivity contribution is 5.96. The number of carbonyl (C=O) groups excluding carboxylic acids is 1. The fourth-order valence-electron chi connectivity index (χ4n) is 3.78. The third-order valence-corrected chi connectivity index (χ3v) is 4.96. The van der Waals surface area contributed by atoms with Gasteiger partial charge in [-0.25, -0.2) is 4.98 Å². The molecule has 7 heteroatoms. The average molecular weight is 392 g/mol. The van der Waals surface area contributed by atoms with Gasteiger partial charge in [-0.2, -0.15) is 5.26 Å². The third-order valence-electron chi connectivity index (χ3n) is 4.96. The molecule has 0 saturated carbocycles. The number of pyridine rings is 1. The molecule has 0 spiro atoms. The van der Waals surface area contributed by atoms with E-state index in [0.29, 0.717) is 41.5 Å². The Kier molecular flexibility index (Phi) is 5.74. The summed E-state index contributed by atoms with van der Waals surface area (Å²) in [5.41, 5.74) is 10.8. The molecule has 1 atom stereocenters. The van der Waals surface area contributed by atoms with E-state index in [1.807, 2.05) is 32.9 Å². The van der Waals surface area contributed by atoms with E-state index in [4.69, 9.17) is 20.5 Å². The van der Waals surface area contributed by atoms with Crippen molar-refractivity contribution in [1.82, 2.24) is 4.98 Å². The lowest BCUT2D eigenvalue weighted by Crippen LogP contribution is -2.28. The van der Waals surface area contributed by atoms with Gasteiger partial charge in [-0.05, 0) is 51.0 Å². The second-order valence-corrected chi connectivity index (χ2v) is 6.89. The van der Waals surface area contributed by atoms with Crippen LogP contribution in [-0.4, -0.2) is 24.6 Å². The van der Waals surface area contributed by atoms with Gasteiger partial charge in [0.15, 0.2) is 0 Å². The molecule has 1 aromatic carbocycles. The number of methoxy groups -OCH3 is 1. The highest BCUT2D eigenvalue weighted by Gasteiger charge is 2.34. The van der Waals surface area contributed by atoms with Crippen LogP contribution >= 0.6 is 0 Å². The van der Waals surface area contributed by atoms with E-state index in [-0.39, 0.29) is 5.92 Å². The molecule has 1 aliphatic rings. The van der Waals surface area contributed by atoms with Crippen LogP contribution < -0.4 is 20.5 Å². The van der Waals surface area contributed by atoms with Crippen LogP contribution in [0.1, 0.15) is 42.1 Å². The number of aromatic nitrogens is 1. The molecule has 7 nitrogen and oxygen atoms in total. The fraction of sp³-hybridized carbons (Fsp3) is 0.318. The lowest BCUT2D eigenvalue weighted by molar-refractivity contribution is -0.114. The van der Waals surface area contributed by atoms with Crippen LogP contribution in [0, 0.1) is 18.3 Å². The van der Waals surface area contributed by atoms with Crippen LogP contribution in [0.5, 0.6) is 11.6 Å². The normalized spacial score (nSPS) is 15.2. The molecule has 0 saturated heterocycles. The van der Waals surface area contributed by atoms with Crippen molar-refractivity contribution in [2.45, 2.75) is 33.1 Å². The summed E-state index contributed by atoms with van der Waals surface area (Å²) in [6.07, 6.45) is 0.448. The second kappa shape index (κ2) is 8.23. The van der Waals surface area contributed by atoms with Crippen molar-refractivity contribution < 1.29 is 14.3 Å². The molecular formula is C22H24N4O3. The third kappa shape index (κ3) is 3.87. The maximum Gasteiger partial charge on any atom is 0.247 e. The molecule has 3 rings (SSSR count). The van der Waals surface area contributed by atoms with E-state index in [9.17, 15) is 4.79 Å². The van der Waals surface area contributed by atoms with Gasteiger partial charge in [0.05, 0.1) is 25.3 Å². The number of amides is 1. The number of hydrogen-bond acceptors (Lipinski definition) is 6. The van der Waals surface area contributed by atoms with Gasteiger partial charge in [-0.1, -0.05) is 6.07 Å². The SMILES string of the molecule is CCOc1nc(C)cc2c1[C@H](Cc1ccc(C#N)cc1OC)C(C(N)=O)=C(C)N2. The molecule has 150 valence electrons. The number of ether oxygens (including phenoxy) is 2. The molecular weight excluding hydrogens is 368 g/mol. The van der Waals surface area contributed by atoms with Gasteiger partial charge in [-0.3, -0.25) is 4.79 Å². The van der Waals surface area contributed by atoms with E-state index in [0.717, 1.165) is 22.5 Å². The van der Waals surface area contributed by atoms with Crippen molar-refractivity contribution in [3.63, 3.8) is 0 Å².